The minimum Gasteiger partial charge on any atom is -0.377 e. The summed E-state index contributed by atoms with van der Waals surface area (Å²) < 4.78 is 5.56. The number of hydrogen-bond acceptors (Lipinski definition) is 1. The maximum atomic E-state index is 5.56. The molecule has 1 aliphatic rings. The largest absolute Gasteiger partial charge is 0.377 e. The Morgan fingerprint density at radius 2 is 2.07 bits per heavy atom. The first-order valence-electron chi connectivity index (χ1n) is 5.47. The fourth-order valence-corrected chi connectivity index (χ4v) is 1.93. The maximum Gasteiger partial charge on any atom is 0.0719 e. The van der Waals surface area contributed by atoms with E-state index in [1.807, 2.05) is 0 Å². The molecule has 0 aromatic heterocycles. The van der Waals surface area contributed by atoms with Gasteiger partial charge in [0, 0.05) is 6.61 Å². The van der Waals surface area contributed by atoms with Crippen molar-refractivity contribution in [3.05, 3.63) is 34.9 Å². The average Bonchev–Trinajstić information content (AvgIpc) is 2.41. The zero-order valence-corrected chi connectivity index (χ0v) is 9.05. The van der Waals surface area contributed by atoms with Crippen LogP contribution in [0.2, 0.25) is 0 Å². The van der Waals surface area contributed by atoms with E-state index in [0.29, 0.717) is 5.92 Å². The molecule has 1 aliphatic heterocycles. The van der Waals surface area contributed by atoms with Crippen LogP contribution < -0.4 is 0 Å². The maximum absolute atomic E-state index is 5.56. The first kappa shape index (κ1) is 9.72. The highest BCUT2D eigenvalue weighted by molar-refractivity contribution is 5.33. The van der Waals surface area contributed by atoms with Gasteiger partial charge in [-0.3, -0.25) is 0 Å². The van der Waals surface area contributed by atoms with E-state index in [1.54, 1.807) is 0 Å². The second kappa shape index (κ2) is 4.14. The lowest BCUT2D eigenvalue weighted by Crippen LogP contribution is -1.95. The summed E-state index contributed by atoms with van der Waals surface area (Å²) in [5, 5.41) is 0. The average molecular weight is 190 g/mol. The SMILES string of the molecule is CC(C)c1ccc2c(c1)COCCC2. The summed E-state index contributed by atoms with van der Waals surface area (Å²) in [4.78, 5) is 0. The van der Waals surface area contributed by atoms with Gasteiger partial charge in [-0.05, 0) is 35.4 Å². The van der Waals surface area contributed by atoms with E-state index in [0.717, 1.165) is 19.6 Å². The van der Waals surface area contributed by atoms with Crippen LogP contribution in [0, 0.1) is 0 Å². The van der Waals surface area contributed by atoms with Crippen LogP contribution in [0.15, 0.2) is 18.2 Å². The van der Waals surface area contributed by atoms with Gasteiger partial charge in [-0.15, -0.1) is 0 Å². The number of benzene rings is 1. The van der Waals surface area contributed by atoms with Crippen LogP contribution >= 0.6 is 0 Å². The molecular weight excluding hydrogens is 172 g/mol. The molecule has 0 saturated carbocycles. The zero-order valence-electron chi connectivity index (χ0n) is 9.05. The monoisotopic (exact) mass is 190 g/mol. The highest BCUT2D eigenvalue weighted by Crippen LogP contribution is 2.22. The molecule has 2 rings (SSSR count). The van der Waals surface area contributed by atoms with Gasteiger partial charge in [0.1, 0.15) is 0 Å². The second-order valence-corrected chi connectivity index (χ2v) is 4.34. The third kappa shape index (κ3) is 1.98. The number of fused-ring (bicyclic) bond motifs is 1. The molecule has 0 spiro atoms. The highest BCUT2D eigenvalue weighted by atomic mass is 16.5. The van der Waals surface area contributed by atoms with Crippen molar-refractivity contribution in [2.75, 3.05) is 6.61 Å². The van der Waals surface area contributed by atoms with Crippen LogP contribution in [0.5, 0.6) is 0 Å². The Bertz CT molecular complexity index is 315. The molecule has 1 aromatic rings. The van der Waals surface area contributed by atoms with Crippen LogP contribution in [0.25, 0.3) is 0 Å². The van der Waals surface area contributed by atoms with Gasteiger partial charge >= 0.3 is 0 Å². The van der Waals surface area contributed by atoms with Gasteiger partial charge in [0.15, 0.2) is 0 Å². The Morgan fingerprint density at radius 3 is 2.86 bits per heavy atom. The first-order chi connectivity index (χ1) is 6.77. The summed E-state index contributed by atoms with van der Waals surface area (Å²) in [5.41, 5.74) is 4.30. The van der Waals surface area contributed by atoms with E-state index in [1.165, 1.54) is 23.1 Å². The minimum absolute atomic E-state index is 0.614. The number of rotatable bonds is 1. The predicted molar refractivity (Wildman–Crippen MR) is 58.5 cm³/mol. The van der Waals surface area contributed by atoms with Crippen molar-refractivity contribution in [3.8, 4) is 0 Å². The molecule has 1 heterocycles. The van der Waals surface area contributed by atoms with E-state index in [2.05, 4.69) is 32.0 Å². The summed E-state index contributed by atoms with van der Waals surface area (Å²) in [6.07, 6.45) is 2.34. The van der Waals surface area contributed by atoms with E-state index in [4.69, 9.17) is 4.74 Å². The Morgan fingerprint density at radius 1 is 1.21 bits per heavy atom. The summed E-state index contributed by atoms with van der Waals surface area (Å²) in [7, 11) is 0. The van der Waals surface area contributed by atoms with Crippen molar-refractivity contribution in [1.82, 2.24) is 0 Å². The molecule has 0 fully saturated rings. The summed E-state index contributed by atoms with van der Waals surface area (Å²) in [6.45, 7) is 6.18. The fraction of sp³-hybridized carbons (Fsp3) is 0.538. The van der Waals surface area contributed by atoms with E-state index in [9.17, 15) is 0 Å². The standard InChI is InChI=1S/C13H18O/c1-10(2)12-6-5-11-4-3-7-14-9-13(11)8-12/h5-6,8,10H,3-4,7,9H2,1-2H3. The first-order valence-corrected chi connectivity index (χ1v) is 5.47. The van der Waals surface area contributed by atoms with Gasteiger partial charge in [-0.1, -0.05) is 32.0 Å². The molecule has 0 amide bonds. The minimum atomic E-state index is 0.614. The highest BCUT2D eigenvalue weighted by Gasteiger charge is 2.09. The lowest BCUT2D eigenvalue weighted by atomic mass is 9.96. The molecule has 1 nitrogen and oxygen atoms in total. The van der Waals surface area contributed by atoms with Crippen LogP contribution in [0.3, 0.4) is 0 Å². The Hall–Kier alpha value is -0.820. The summed E-state index contributed by atoms with van der Waals surface area (Å²) in [6, 6.07) is 6.85. The van der Waals surface area contributed by atoms with Crippen molar-refractivity contribution >= 4 is 0 Å². The molecule has 0 N–H and O–H groups in total. The van der Waals surface area contributed by atoms with E-state index >= 15 is 0 Å². The Labute approximate surface area is 86.1 Å². The third-order valence-electron chi connectivity index (χ3n) is 2.89. The van der Waals surface area contributed by atoms with Crippen molar-refractivity contribution < 1.29 is 4.74 Å². The quantitative estimate of drug-likeness (QED) is 0.660. The van der Waals surface area contributed by atoms with Crippen LogP contribution in [-0.2, 0) is 17.8 Å². The third-order valence-corrected chi connectivity index (χ3v) is 2.89. The van der Waals surface area contributed by atoms with Crippen LogP contribution in [0.4, 0.5) is 0 Å². The number of hydrogen-bond donors (Lipinski definition) is 0. The molecule has 1 aromatic carbocycles. The van der Waals surface area contributed by atoms with Gasteiger partial charge in [0.05, 0.1) is 6.61 Å². The van der Waals surface area contributed by atoms with Crippen LogP contribution in [-0.4, -0.2) is 6.61 Å². The zero-order chi connectivity index (χ0) is 9.97. The smallest absolute Gasteiger partial charge is 0.0719 e. The van der Waals surface area contributed by atoms with Gasteiger partial charge in [-0.25, -0.2) is 0 Å². The van der Waals surface area contributed by atoms with Crippen molar-refractivity contribution in [2.24, 2.45) is 0 Å². The molecule has 0 bridgehead atoms. The number of ether oxygens (including phenoxy) is 1. The van der Waals surface area contributed by atoms with Gasteiger partial charge in [0.25, 0.3) is 0 Å². The lowest BCUT2D eigenvalue weighted by molar-refractivity contribution is 0.125. The normalized spacial score (nSPS) is 16.5. The molecule has 0 aliphatic carbocycles. The molecule has 1 heteroatoms. The Kier molecular flexibility index (Phi) is 2.87. The van der Waals surface area contributed by atoms with Gasteiger partial charge in [0.2, 0.25) is 0 Å². The molecule has 0 unspecified atom stereocenters. The molecule has 14 heavy (non-hydrogen) atoms. The van der Waals surface area contributed by atoms with Crippen molar-refractivity contribution in [1.29, 1.82) is 0 Å². The topological polar surface area (TPSA) is 9.23 Å². The molecule has 76 valence electrons. The molecule has 0 radical (unpaired) electrons. The fourth-order valence-electron chi connectivity index (χ4n) is 1.93. The van der Waals surface area contributed by atoms with Gasteiger partial charge < -0.3 is 4.74 Å². The molecular formula is C13H18O. The molecule has 0 saturated heterocycles. The van der Waals surface area contributed by atoms with Gasteiger partial charge in [-0.2, -0.15) is 0 Å². The van der Waals surface area contributed by atoms with Crippen molar-refractivity contribution in [2.45, 2.75) is 39.2 Å². The Balaban J connectivity index is 2.32. The number of aryl methyl sites for hydroxylation is 1. The predicted octanol–water partition coefficient (Wildman–Crippen LogP) is 3.27. The summed E-state index contributed by atoms with van der Waals surface area (Å²) >= 11 is 0. The lowest BCUT2D eigenvalue weighted by Gasteiger charge is -2.10. The summed E-state index contributed by atoms with van der Waals surface area (Å²) in [5.74, 6) is 0.614. The van der Waals surface area contributed by atoms with Crippen molar-refractivity contribution in [3.63, 3.8) is 0 Å². The van der Waals surface area contributed by atoms with Crippen LogP contribution in [0.1, 0.15) is 42.9 Å². The van der Waals surface area contributed by atoms with E-state index in [-0.39, 0.29) is 0 Å². The van der Waals surface area contributed by atoms with E-state index < -0.39 is 0 Å². The molecule has 0 atom stereocenters. The second-order valence-electron chi connectivity index (χ2n) is 4.34.